The number of ether oxygens (including phenoxy) is 1. The maximum Gasteiger partial charge on any atom is 0.241 e. The molecule has 2 aromatic heterocycles. The number of fused-ring (bicyclic) bond motifs is 1. The van der Waals surface area contributed by atoms with E-state index in [1.54, 1.807) is 18.4 Å². The molecule has 0 bridgehead atoms. The molecule has 32 heavy (non-hydrogen) atoms. The zero-order chi connectivity index (χ0) is 21.9. The minimum atomic E-state index is 0.260. The maximum absolute atomic E-state index is 13.0. The monoisotopic (exact) mass is 452 g/mol. The number of nitrogens with zero attached hydrogens (tertiary/aromatic N) is 4. The van der Waals surface area contributed by atoms with Crippen molar-refractivity contribution >= 4 is 17.2 Å². The van der Waals surface area contributed by atoms with E-state index < -0.39 is 0 Å². The summed E-state index contributed by atoms with van der Waals surface area (Å²) in [6.07, 6.45) is 3.87. The molecule has 1 fully saturated rings. The quantitative estimate of drug-likeness (QED) is 0.564. The second-order valence-corrected chi connectivity index (χ2v) is 9.45. The van der Waals surface area contributed by atoms with Crippen LogP contribution >= 0.6 is 11.3 Å². The van der Waals surface area contributed by atoms with Crippen LogP contribution < -0.4 is 4.74 Å². The summed E-state index contributed by atoms with van der Waals surface area (Å²) >= 11 is 1.60. The summed E-state index contributed by atoms with van der Waals surface area (Å²) < 4.78 is 10.8. The molecule has 3 aromatic rings. The van der Waals surface area contributed by atoms with Gasteiger partial charge in [0.15, 0.2) is 0 Å². The molecule has 0 spiro atoms. The zero-order valence-corrected chi connectivity index (χ0v) is 19.1. The van der Waals surface area contributed by atoms with E-state index in [4.69, 9.17) is 9.26 Å². The maximum atomic E-state index is 13.0. The Morgan fingerprint density at radius 3 is 2.91 bits per heavy atom. The van der Waals surface area contributed by atoms with E-state index in [0.717, 1.165) is 56.1 Å². The normalized spacial score (nSPS) is 19.0. The van der Waals surface area contributed by atoms with E-state index in [9.17, 15) is 4.79 Å². The topological polar surface area (TPSA) is 71.7 Å². The number of hydrogen-bond acceptors (Lipinski definition) is 7. The SMILES string of the molecule is COc1ccc2c(c1)CCCC2CC(=O)N1CCN(Cc2nc(-c3cccs3)no2)CC1. The van der Waals surface area contributed by atoms with Crippen molar-refractivity contribution in [1.29, 1.82) is 0 Å². The molecule has 0 N–H and O–H groups in total. The van der Waals surface area contributed by atoms with Gasteiger partial charge in [0.25, 0.3) is 0 Å². The number of rotatable bonds is 6. The van der Waals surface area contributed by atoms with Crippen LogP contribution in [0.15, 0.2) is 40.2 Å². The summed E-state index contributed by atoms with van der Waals surface area (Å²) in [5.41, 5.74) is 2.65. The molecule has 1 atom stereocenters. The molecule has 8 heteroatoms. The Balaban J connectivity index is 1.14. The third-order valence-electron chi connectivity index (χ3n) is 6.50. The molecule has 0 radical (unpaired) electrons. The number of carbonyl (C=O) groups is 1. The Bertz CT molecular complexity index is 1060. The molecule has 5 rings (SSSR count). The Kier molecular flexibility index (Phi) is 6.23. The highest BCUT2D eigenvalue weighted by atomic mass is 32.1. The largest absolute Gasteiger partial charge is 0.497 e. The third kappa shape index (κ3) is 4.56. The van der Waals surface area contributed by atoms with E-state index in [0.29, 0.717) is 30.6 Å². The third-order valence-corrected chi connectivity index (χ3v) is 7.37. The lowest BCUT2D eigenvalue weighted by Gasteiger charge is -2.35. The standard InChI is InChI=1S/C24H28N4O3S/c1-30-19-7-8-20-17(14-19)4-2-5-18(20)15-23(29)28-11-9-27(10-12-28)16-22-25-24(26-31-22)21-6-3-13-32-21/h3,6-8,13-14,18H,2,4-5,9-12,15-16H2,1H3. The molecule has 1 unspecified atom stereocenters. The summed E-state index contributed by atoms with van der Waals surface area (Å²) in [7, 11) is 1.70. The van der Waals surface area contributed by atoms with Gasteiger partial charge in [-0.3, -0.25) is 9.69 Å². The van der Waals surface area contributed by atoms with Crippen molar-refractivity contribution in [2.45, 2.75) is 38.1 Å². The smallest absolute Gasteiger partial charge is 0.241 e. The lowest BCUT2D eigenvalue weighted by Crippen LogP contribution is -2.48. The minimum Gasteiger partial charge on any atom is -0.497 e. The van der Waals surface area contributed by atoms with Crippen molar-refractivity contribution < 1.29 is 14.1 Å². The molecular weight excluding hydrogens is 424 g/mol. The van der Waals surface area contributed by atoms with Gasteiger partial charge in [0.1, 0.15) is 5.75 Å². The van der Waals surface area contributed by atoms with Gasteiger partial charge in [0.2, 0.25) is 17.6 Å². The van der Waals surface area contributed by atoms with Crippen LogP contribution in [0, 0.1) is 0 Å². The van der Waals surface area contributed by atoms with Gasteiger partial charge in [-0.15, -0.1) is 11.3 Å². The first-order valence-corrected chi connectivity index (χ1v) is 12.1. The fraction of sp³-hybridized carbons (Fsp3) is 0.458. The molecule has 1 aromatic carbocycles. The van der Waals surface area contributed by atoms with Crippen molar-refractivity contribution in [2.24, 2.45) is 0 Å². The Morgan fingerprint density at radius 2 is 2.12 bits per heavy atom. The van der Waals surface area contributed by atoms with E-state index in [1.807, 2.05) is 28.5 Å². The van der Waals surface area contributed by atoms with Gasteiger partial charge in [-0.05, 0) is 59.9 Å². The van der Waals surface area contributed by atoms with Crippen molar-refractivity contribution in [3.8, 4) is 16.5 Å². The Hall–Kier alpha value is -2.71. The van der Waals surface area contributed by atoms with Gasteiger partial charge >= 0.3 is 0 Å². The van der Waals surface area contributed by atoms with Crippen LogP contribution in [0.4, 0.5) is 0 Å². The number of hydrogen-bond donors (Lipinski definition) is 0. The molecule has 1 aliphatic carbocycles. The molecule has 1 amide bonds. The molecule has 0 saturated carbocycles. The van der Waals surface area contributed by atoms with Crippen molar-refractivity contribution in [2.75, 3.05) is 33.3 Å². The molecule has 2 aliphatic rings. The first-order valence-electron chi connectivity index (χ1n) is 11.2. The summed E-state index contributed by atoms with van der Waals surface area (Å²) in [6, 6.07) is 10.3. The minimum absolute atomic E-state index is 0.260. The van der Waals surface area contributed by atoms with E-state index in [2.05, 4.69) is 27.2 Å². The van der Waals surface area contributed by atoms with Gasteiger partial charge in [0.05, 0.1) is 18.5 Å². The molecule has 7 nitrogen and oxygen atoms in total. The zero-order valence-electron chi connectivity index (χ0n) is 18.3. The van der Waals surface area contributed by atoms with E-state index >= 15 is 0 Å². The Morgan fingerprint density at radius 1 is 1.25 bits per heavy atom. The Labute approximate surface area is 192 Å². The van der Waals surface area contributed by atoms with Crippen molar-refractivity contribution in [3.63, 3.8) is 0 Å². The average Bonchev–Trinajstić information content (AvgIpc) is 3.51. The van der Waals surface area contributed by atoms with Crippen LogP contribution in [0.5, 0.6) is 5.75 Å². The second-order valence-electron chi connectivity index (χ2n) is 8.50. The van der Waals surface area contributed by atoms with E-state index in [-0.39, 0.29) is 5.91 Å². The first kappa shape index (κ1) is 21.2. The number of thiophene rings is 1. The predicted molar refractivity (Wildman–Crippen MR) is 123 cm³/mol. The van der Waals surface area contributed by atoms with Crippen LogP contribution in [0.3, 0.4) is 0 Å². The predicted octanol–water partition coefficient (Wildman–Crippen LogP) is 3.96. The van der Waals surface area contributed by atoms with Crippen LogP contribution in [0.1, 0.15) is 42.2 Å². The summed E-state index contributed by atoms with van der Waals surface area (Å²) in [4.78, 5) is 22.9. The summed E-state index contributed by atoms with van der Waals surface area (Å²) in [5.74, 6) is 2.74. The van der Waals surface area contributed by atoms with Crippen LogP contribution in [0.2, 0.25) is 0 Å². The van der Waals surface area contributed by atoms with Gasteiger partial charge in [-0.1, -0.05) is 17.3 Å². The highest BCUT2D eigenvalue weighted by Gasteiger charge is 2.28. The molecule has 1 saturated heterocycles. The van der Waals surface area contributed by atoms with Gasteiger partial charge < -0.3 is 14.2 Å². The number of amides is 1. The van der Waals surface area contributed by atoms with Gasteiger partial charge in [0, 0.05) is 32.6 Å². The van der Waals surface area contributed by atoms with Crippen molar-refractivity contribution in [1.82, 2.24) is 19.9 Å². The lowest BCUT2D eigenvalue weighted by atomic mass is 9.80. The fourth-order valence-electron chi connectivity index (χ4n) is 4.74. The van der Waals surface area contributed by atoms with Crippen LogP contribution in [-0.4, -0.2) is 59.1 Å². The van der Waals surface area contributed by atoms with Gasteiger partial charge in [-0.25, -0.2) is 0 Å². The molecule has 3 heterocycles. The second kappa shape index (κ2) is 9.42. The fourth-order valence-corrected chi connectivity index (χ4v) is 5.39. The molecule has 1 aliphatic heterocycles. The lowest BCUT2D eigenvalue weighted by molar-refractivity contribution is -0.133. The van der Waals surface area contributed by atoms with Crippen LogP contribution in [-0.2, 0) is 17.8 Å². The molecule has 168 valence electrons. The number of piperazine rings is 1. The summed E-state index contributed by atoms with van der Waals surface area (Å²) in [5, 5.41) is 6.09. The van der Waals surface area contributed by atoms with Crippen molar-refractivity contribution in [3.05, 3.63) is 52.7 Å². The number of benzene rings is 1. The average molecular weight is 453 g/mol. The number of aryl methyl sites for hydroxylation is 1. The number of carbonyl (C=O) groups excluding carboxylic acids is 1. The molecular formula is C24H28N4O3S. The van der Waals surface area contributed by atoms with Gasteiger partial charge in [-0.2, -0.15) is 4.98 Å². The van der Waals surface area contributed by atoms with Crippen LogP contribution in [0.25, 0.3) is 10.7 Å². The highest BCUT2D eigenvalue weighted by molar-refractivity contribution is 7.13. The van der Waals surface area contributed by atoms with E-state index in [1.165, 1.54) is 11.1 Å². The first-order chi connectivity index (χ1) is 15.7. The number of methoxy groups -OCH3 is 1. The summed E-state index contributed by atoms with van der Waals surface area (Å²) in [6.45, 7) is 3.75. The number of aromatic nitrogens is 2. The highest BCUT2D eigenvalue weighted by Crippen LogP contribution is 2.36.